The molecular weight excluding hydrogens is 184 g/mol. The first-order valence-corrected chi connectivity index (χ1v) is 4.79. The van der Waals surface area contributed by atoms with Gasteiger partial charge in [0.25, 0.3) is 5.97 Å². The Morgan fingerprint density at radius 2 is 1.21 bits per heavy atom. The molecule has 0 bridgehead atoms. The van der Waals surface area contributed by atoms with E-state index in [0.29, 0.717) is 0 Å². The Kier molecular flexibility index (Phi) is 8.10. The zero-order valence-corrected chi connectivity index (χ0v) is 9.33. The molecule has 0 saturated carbocycles. The van der Waals surface area contributed by atoms with Crippen molar-refractivity contribution in [1.29, 1.82) is 0 Å². The number of aliphatic carboxylic acids is 2. The minimum atomic E-state index is -0.833. The van der Waals surface area contributed by atoms with Crippen molar-refractivity contribution in [3.8, 4) is 0 Å². The average Bonchev–Trinajstić information content (AvgIpc) is 2.07. The van der Waals surface area contributed by atoms with Gasteiger partial charge in [0.2, 0.25) is 0 Å². The number of carboxylic acids is 2. The van der Waals surface area contributed by atoms with Gasteiger partial charge in [-0.2, -0.15) is 0 Å². The lowest BCUT2D eigenvalue weighted by Gasteiger charge is -2.24. The predicted molar refractivity (Wildman–Crippen MR) is 54.3 cm³/mol. The summed E-state index contributed by atoms with van der Waals surface area (Å²) in [4.78, 5) is 19.7. The Bertz CT molecular complexity index is 170. The Hall–Kier alpha value is -1.06. The molecule has 4 nitrogen and oxygen atoms in total. The van der Waals surface area contributed by atoms with Gasteiger partial charge < -0.3 is 10.2 Å². The monoisotopic (exact) mass is 204 g/mol. The van der Waals surface area contributed by atoms with E-state index in [0.717, 1.165) is 26.2 Å². The molecule has 0 rings (SSSR count). The normalized spacial score (nSPS) is 10.0. The van der Waals surface area contributed by atoms with Crippen LogP contribution in [0.4, 0.5) is 0 Å². The second-order valence-corrected chi connectivity index (χ2v) is 3.17. The SMILES string of the molecule is CC(=O)O.CCC(CC)(CC)C(=O)O. The molecule has 0 heterocycles. The lowest BCUT2D eigenvalue weighted by Crippen LogP contribution is -2.28. The van der Waals surface area contributed by atoms with E-state index in [2.05, 4.69) is 0 Å². The molecule has 2 N–H and O–H groups in total. The summed E-state index contributed by atoms with van der Waals surface area (Å²) in [5, 5.41) is 16.2. The van der Waals surface area contributed by atoms with E-state index in [1.54, 1.807) is 0 Å². The zero-order chi connectivity index (χ0) is 11.8. The zero-order valence-electron chi connectivity index (χ0n) is 9.33. The fourth-order valence-electron chi connectivity index (χ4n) is 1.20. The number of rotatable bonds is 4. The van der Waals surface area contributed by atoms with Crippen LogP contribution in [0.2, 0.25) is 0 Å². The van der Waals surface area contributed by atoms with Crippen LogP contribution in [-0.2, 0) is 9.59 Å². The van der Waals surface area contributed by atoms with Crippen LogP contribution in [0.1, 0.15) is 47.0 Å². The van der Waals surface area contributed by atoms with Gasteiger partial charge in [-0.05, 0) is 19.3 Å². The Morgan fingerprint density at radius 3 is 1.21 bits per heavy atom. The van der Waals surface area contributed by atoms with Crippen molar-refractivity contribution in [3.05, 3.63) is 0 Å². The quantitative estimate of drug-likeness (QED) is 0.737. The molecule has 4 heteroatoms. The highest BCUT2D eigenvalue weighted by Crippen LogP contribution is 2.30. The summed E-state index contributed by atoms with van der Waals surface area (Å²) >= 11 is 0. The van der Waals surface area contributed by atoms with Crippen molar-refractivity contribution >= 4 is 11.9 Å². The van der Waals surface area contributed by atoms with Crippen LogP contribution in [0.25, 0.3) is 0 Å². The summed E-state index contributed by atoms with van der Waals surface area (Å²) in [7, 11) is 0. The van der Waals surface area contributed by atoms with E-state index < -0.39 is 17.4 Å². The predicted octanol–water partition coefficient (Wildman–Crippen LogP) is 2.38. The van der Waals surface area contributed by atoms with Gasteiger partial charge in [-0.15, -0.1) is 0 Å². The van der Waals surface area contributed by atoms with Crippen LogP contribution in [0, 0.1) is 5.41 Å². The highest BCUT2D eigenvalue weighted by molar-refractivity contribution is 5.74. The highest BCUT2D eigenvalue weighted by atomic mass is 16.4. The van der Waals surface area contributed by atoms with Gasteiger partial charge in [-0.3, -0.25) is 9.59 Å². The molecule has 0 aromatic rings. The second-order valence-electron chi connectivity index (χ2n) is 3.17. The fraction of sp³-hybridized carbons (Fsp3) is 0.800. The summed E-state index contributed by atoms with van der Waals surface area (Å²) in [6.07, 6.45) is 2.19. The van der Waals surface area contributed by atoms with Gasteiger partial charge in [0.15, 0.2) is 0 Å². The van der Waals surface area contributed by atoms with Crippen molar-refractivity contribution in [2.24, 2.45) is 5.41 Å². The summed E-state index contributed by atoms with van der Waals surface area (Å²) in [6.45, 7) is 6.88. The van der Waals surface area contributed by atoms with Crippen LogP contribution in [0.5, 0.6) is 0 Å². The molecule has 14 heavy (non-hydrogen) atoms. The Balaban J connectivity index is 0. The number of carbonyl (C=O) groups is 2. The van der Waals surface area contributed by atoms with Crippen LogP contribution in [0.15, 0.2) is 0 Å². The van der Waals surface area contributed by atoms with E-state index >= 15 is 0 Å². The maximum absolute atomic E-state index is 10.7. The standard InChI is InChI=1S/C8H16O2.C2H4O2/c1-4-8(5-2,6-3)7(9)10;1-2(3)4/h4-6H2,1-3H3,(H,9,10);1H3,(H,3,4). The molecule has 0 amide bonds. The van der Waals surface area contributed by atoms with Crippen LogP contribution < -0.4 is 0 Å². The molecule has 0 saturated heterocycles. The van der Waals surface area contributed by atoms with Gasteiger partial charge in [0.05, 0.1) is 5.41 Å². The molecule has 0 aromatic carbocycles. The van der Waals surface area contributed by atoms with Gasteiger partial charge in [0, 0.05) is 6.92 Å². The van der Waals surface area contributed by atoms with Crippen LogP contribution >= 0.6 is 0 Å². The first-order chi connectivity index (χ1) is 6.36. The molecule has 0 aliphatic heterocycles. The topological polar surface area (TPSA) is 74.6 Å². The van der Waals surface area contributed by atoms with E-state index in [1.165, 1.54) is 0 Å². The first-order valence-electron chi connectivity index (χ1n) is 4.79. The highest BCUT2D eigenvalue weighted by Gasteiger charge is 2.32. The molecule has 0 unspecified atom stereocenters. The molecule has 0 radical (unpaired) electrons. The third-order valence-electron chi connectivity index (χ3n) is 2.48. The van der Waals surface area contributed by atoms with Crippen molar-refractivity contribution in [2.45, 2.75) is 47.0 Å². The smallest absolute Gasteiger partial charge is 0.309 e. The van der Waals surface area contributed by atoms with Gasteiger partial charge >= 0.3 is 5.97 Å². The van der Waals surface area contributed by atoms with Crippen LogP contribution in [0.3, 0.4) is 0 Å². The lowest BCUT2D eigenvalue weighted by atomic mass is 9.80. The molecule has 0 aliphatic carbocycles. The third kappa shape index (κ3) is 5.56. The minimum absolute atomic E-state index is 0.458. The molecule has 0 atom stereocenters. The van der Waals surface area contributed by atoms with E-state index in [4.69, 9.17) is 15.0 Å². The Labute approximate surface area is 84.9 Å². The third-order valence-corrected chi connectivity index (χ3v) is 2.48. The maximum atomic E-state index is 10.7. The number of carboxylic acid groups (broad SMARTS) is 2. The van der Waals surface area contributed by atoms with Crippen LogP contribution in [-0.4, -0.2) is 22.2 Å². The lowest BCUT2D eigenvalue weighted by molar-refractivity contribution is -0.149. The molecule has 0 fully saturated rings. The number of hydrogen-bond donors (Lipinski definition) is 2. The molecule has 0 aromatic heterocycles. The summed E-state index contributed by atoms with van der Waals surface area (Å²) in [5.41, 5.74) is -0.458. The summed E-state index contributed by atoms with van der Waals surface area (Å²) in [6, 6.07) is 0. The van der Waals surface area contributed by atoms with Crippen molar-refractivity contribution in [1.82, 2.24) is 0 Å². The van der Waals surface area contributed by atoms with Crippen molar-refractivity contribution in [3.63, 3.8) is 0 Å². The molecule has 84 valence electrons. The van der Waals surface area contributed by atoms with Crippen molar-refractivity contribution < 1.29 is 19.8 Å². The van der Waals surface area contributed by atoms with E-state index in [1.807, 2.05) is 20.8 Å². The van der Waals surface area contributed by atoms with E-state index in [-0.39, 0.29) is 0 Å². The van der Waals surface area contributed by atoms with Crippen molar-refractivity contribution in [2.75, 3.05) is 0 Å². The van der Waals surface area contributed by atoms with Gasteiger partial charge in [-0.25, -0.2) is 0 Å². The summed E-state index contributed by atoms with van der Waals surface area (Å²) < 4.78 is 0. The number of hydrogen-bond acceptors (Lipinski definition) is 2. The second kappa shape index (κ2) is 7.35. The fourth-order valence-corrected chi connectivity index (χ4v) is 1.20. The Morgan fingerprint density at radius 1 is 1.00 bits per heavy atom. The first kappa shape index (κ1) is 15.4. The molecule has 0 spiro atoms. The molecule has 0 aliphatic rings. The minimum Gasteiger partial charge on any atom is -0.481 e. The molecular formula is C10H20O4. The van der Waals surface area contributed by atoms with E-state index in [9.17, 15) is 4.79 Å². The van der Waals surface area contributed by atoms with Gasteiger partial charge in [-0.1, -0.05) is 20.8 Å². The largest absolute Gasteiger partial charge is 0.481 e. The van der Waals surface area contributed by atoms with Gasteiger partial charge in [0.1, 0.15) is 0 Å². The maximum Gasteiger partial charge on any atom is 0.309 e. The summed E-state index contributed by atoms with van der Waals surface area (Å²) in [5.74, 6) is -1.49. The average molecular weight is 204 g/mol.